The van der Waals surface area contributed by atoms with E-state index in [0.717, 1.165) is 12.8 Å². The standard InChI is InChI=1S/C8H17OSi/c1-4-6-8(3,9-10)7-5-2/h4-7H2,1-3H3. The van der Waals surface area contributed by atoms with Gasteiger partial charge in [-0.1, -0.05) is 26.7 Å². The van der Waals surface area contributed by atoms with Gasteiger partial charge in [-0.15, -0.1) is 0 Å². The Bertz CT molecular complexity index is 77.3. The van der Waals surface area contributed by atoms with Crippen molar-refractivity contribution in [2.45, 2.75) is 52.1 Å². The lowest BCUT2D eigenvalue weighted by Crippen LogP contribution is -2.27. The van der Waals surface area contributed by atoms with E-state index < -0.39 is 0 Å². The predicted octanol–water partition coefficient (Wildman–Crippen LogP) is 2.45. The van der Waals surface area contributed by atoms with Crippen LogP contribution >= 0.6 is 0 Å². The van der Waals surface area contributed by atoms with Crippen molar-refractivity contribution in [3.05, 3.63) is 0 Å². The van der Waals surface area contributed by atoms with Gasteiger partial charge in [0.05, 0.1) is 5.60 Å². The molecule has 0 aromatic heterocycles. The van der Waals surface area contributed by atoms with Crippen LogP contribution in [0.1, 0.15) is 46.5 Å². The van der Waals surface area contributed by atoms with Gasteiger partial charge in [0.2, 0.25) is 10.5 Å². The van der Waals surface area contributed by atoms with Gasteiger partial charge in [0.25, 0.3) is 0 Å². The van der Waals surface area contributed by atoms with Crippen molar-refractivity contribution >= 4 is 10.5 Å². The van der Waals surface area contributed by atoms with Crippen molar-refractivity contribution in [1.29, 1.82) is 0 Å². The van der Waals surface area contributed by atoms with Crippen molar-refractivity contribution < 1.29 is 4.43 Å². The van der Waals surface area contributed by atoms with Crippen LogP contribution in [0.3, 0.4) is 0 Å². The molecular formula is C8H17OSi. The lowest BCUT2D eigenvalue weighted by Gasteiger charge is -2.27. The smallest absolute Gasteiger partial charge is 0.246 e. The van der Waals surface area contributed by atoms with Crippen LogP contribution in [0.4, 0.5) is 0 Å². The first-order valence-corrected chi connectivity index (χ1v) is 4.44. The molecule has 0 aromatic carbocycles. The second-order valence-electron chi connectivity index (χ2n) is 3.05. The second kappa shape index (κ2) is 4.91. The summed E-state index contributed by atoms with van der Waals surface area (Å²) in [4.78, 5) is 0. The van der Waals surface area contributed by atoms with E-state index in [1.807, 2.05) is 0 Å². The van der Waals surface area contributed by atoms with E-state index in [9.17, 15) is 0 Å². The first-order valence-electron chi connectivity index (χ1n) is 4.03. The highest BCUT2D eigenvalue weighted by molar-refractivity contribution is 5.98. The van der Waals surface area contributed by atoms with Crippen LogP contribution < -0.4 is 0 Å². The SMILES string of the molecule is CCCC(C)(CCC)O[Si]. The fourth-order valence-electron chi connectivity index (χ4n) is 1.28. The monoisotopic (exact) mass is 157 g/mol. The van der Waals surface area contributed by atoms with E-state index in [4.69, 9.17) is 4.43 Å². The lowest BCUT2D eigenvalue weighted by molar-refractivity contribution is 0.0792. The molecule has 0 bridgehead atoms. The Morgan fingerprint density at radius 3 is 1.80 bits per heavy atom. The van der Waals surface area contributed by atoms with Gasteiger partial charge >= 0.3 is 0 Å². The third kappa shape index (κ3) is 3.37. The van der Waals surface area contributed by atoms with Gasteiger partial charge in [0.15, 0.2) is 0 Å². The maximum absolute atomic E-state index is 5.22. The Kier molecular flexibility index (Phi) is 5.00. The summed E-state index contributed by atoms with van der Waals surface area (Å²) in [6, 6.07) is 0. The highest BCUT2D eigenvalue weighted by atomic mass is 28.2. The largest absolute Gasteiger partial charge is 0.413 e. The number of rotatable bonds is 5. The summed E-state index contributed by atoms with van der Waals surface area (Å²) >= 11 is 0. The van der Waals surface area contributed by atoms with Crippen LogP contribution in [0.15, 0.2) is 0 Å². The Morgan fingerprint density at radius 2 is 1.60 bits per heavy atom. The van der Waals surface area contributed by atoms with E-state index >= 15 is 0 Å². The third-order valence-electron chi connectivity index (χ3n) is 1.80. The summed E-state index contributed by atoms with van der Waals surface area (Å²) < 4.78 is 5.22. The molecule has 0 N–H and O–H groups in total. The van der Waals surface area contributed by atoms with Gasteiger partial charge in [-0.25, -0.2) is 0 Å². The molecule has 2 heteroatoms. The number of hydrogen-bond acceptors (Lipinski definition) is 1. The molecule has 0 saturated carbocycles. The van der Waals surface area contributed by atoms with Crippen molar-refractivity contribution in [1.82, 2.24) is 0 Å². The second-order valence-corrected chi connectivity index (χ2v) is 3.26. The molecule has 3 radical (unpaired) electrons. The molecular weight excluding hydrogens is 140 g/mol. The molecule has 0 fully saturated rings. The lowest BCUT2D eigenvalue weighted by atomic mass is 9.95. The predicted molar refractivity (Wildman–Crippen MR) is 45.1 cm³/mol. The molecule has 0 amide bonds. The van der Waals surface area contributed by atoms with Gasteiger partial charge in [-0.2, -0.15) is 0 Å². The summed E-state index contributed by atoms with van der Waals surface area (Å²) in [5.41, 5.74) is 0.0559. The Hall–Kier alpha value is 0.177. The minimum Gasteiger partial charge on any atom is -0.413 e. The zero-order valence-corrected chi connectivity index (χ0v) is 8.24. The van der Waals surface area contributed by atoms with E-state index in [0.29, 0.717) is 0 Å². The third-order valence-corrected chi connectivity index (χ3v) is 2.30. The molecule has 0 spiro atoms. The summed E-state index contributed by atoms with van der Waals surface area (Å²) in [5.74, 6) is 0. The molecule has 59 valence electrons. The molecule has 0 aliphatic rings. The van der Waals surface area contributed by atoms with Crippen molar-refractivity contribution in [2.75, 3.05) is 0 Å². The number of hydrogen-bond donors (Lipinski definition) is 0. The molecule has 1 nitrogen and oxygen atoms in total. The van der Waals surface area contributed by atoms with Gasteiger partial charge in [-0.05, 0) is 19.8 Å². The van der Waals surface area contributed by atoms with Crippen molar-refractivity contribution in [3.8, 4) is 0 Å². The fraction of sp³-hybridized carbons (Fsp3) is 1.00. The fourth-order valence-corrected chi connectivity index (χ4v) is 1.49. The highest BCUT2D eigenvalue weighted by Gasteiger charge is 2.19. The molecule has 0 aromatic rings. The minimum absolute atomic E-state index is 0.0559. The van der Waals surface area contributed by atoms with Gasteiger partial charge < -0.3 is 4.43 Å². The van der Waals surface area contributed by atoms with Gasteiger partial charge in [-0.3, -0.25) is 0 Å². The van der Waals surface area contributed by atoms with Gasteiger partial charge in [0.1, 0.15) is 0 Å². The van der Waals surface area contributed by atoms with Crippen LogP contribution in [-0.4, -0.2) is 16.1 Å². The van der Waals surface area contributed by atoms with Crippen LogP contribution in [0.5, 0.6) is 0 Å². The summed E-state index contributed by atoms with van der Waals surface area (Å²) in [7, 11) is 3.12. The summed E-state index contributed by atoms with van der Waals surface area (Å²) in [6.45, 7) is 6.51. The minimum atomic E-state index is 0.0559. The van der Waals surface area contributed by atoms with E-state index in [2.05, 4.69) is 31.3 Å². The summed E-state index contributed by atoms with van der Waals surface area (Å²) in [5, 5.41) is 0. The Balaban J connectivity index is 3.69. The first kappa shape index (κ1) is 10.2. The Labute approximate surface area is 67.7 Å². The highest BCUT2D eigenvalue weighted by Crippen LogP contribution is 2.21. The van der Waals surface area contributed by atoms with Crippen LogP contribution in [0.25, 0.3) is 0 Å². The van der Waals surface area contributed by atoms with E-state index in [1.165, 1.54) is 12.8 Å². The quantitative estimate of drug-likeness (QED) is 0.557. The molecule has 0 heterocycles. The molecule has 0 saturated heterocycles. The zero-order valence-electron chi connectivity index (χ0n) is 7.24. The topological polar surface area (TPSA) is 9.23 Å². The van der Waals surface area contributed by atoms with Crippen LogP contribution in [0, 0.1) is 0 Å². The van der Waals surface area contributed by atoms with E-state index in [-0.39, 0.29) is 5.60 Å². The summed E-state index contributed by atoms with van der Waals surface area (Å²) in [6.07, 6.45) is 4.62. The first-order chi connectivity index (χ1) is 4.68. The van der Waals surface area contributed by atoms with Gasteiger partial charge in [0, 0.05) is 0 Å². The molecule has 10 heavy (non-hydrogen) atoms. The molecule has 0 unspecified atom stereocenters. The van der Waals surface area contributed by atoms with Crippen molar-refractivity contribution in [2.24, 2.45) is 0 Å². The maximum atomic E-state index is 5.22. The average Bonchev–Trinajstić information content (AvgIpc) is 1.89. The van der Waals surface area contributed by atoms with Crippen LogP contribution in [-0.2, 0) is 4.43 Å². The molecule has 0 aliphatic heterocycles. The maximum Gasteiger partial charge on any atom is 0.246 e. The van der Waals surface area contributed by atoms with Crippen LogP contribution in [0.2, 0.25) is 0 Å². The average molecular weight is 157 g/mol. The van der Waals surface area contributed by atoms with E-state index in [1.54, 1.807) is 0 Å². The molecule has 0 aliphatic carbocycles. The van der Waals surface area contributed by atoms with Crippen molar-refractivity contribution in [3.63, 3.8) is 0 Å². The molecule has 0 rings (SSSR count). The zero-order chi connectivity index (χ0) is 8.04. The molecule has 0 atom stereocenters. The Morgan fingerprint density at radius 1 is 1.20 bits per heavy atom. The normalized spacial score (nSPS) is 12.0.